The first-order valence-corrected chi connectivity index (χ1v) is 11.8. The van der Waals surface area contributed by atoms with Gasteiger partial charge in [0.25, 0.3) is 0 Å². The molecule has 2 saturated heterocycles. The molecule has 0 bridgehead atoms. The van der Waals surface area contributed by atoms with E-state index in [0.717, 1.165) is 37.1 Å². The number of imide groups is 1. The number of nitrogens with zero attached hydrogens (tertiary/aromatic N) is 3. The van der Waals surface area contributed by atoms with Crippen LogP contribution in [0.5, 0.6) is 0 Å². The van der Waals surface area contributed by atoms with Crippen molar-refractivity contribution in [2.45, 2.75) is 58.1 Å². The minimum absolute atomic E-state index is 0.212. The minimum Gasteiger partial charge on any atom is -0.444 e. The Morgan fingerprint density at radius 1 is 1.15 bits per heavy atom. The average Bonchev–Trinajstić information content (AvgIpc) is 3.02. The van der Waals surface area contributed by atoms with Gasteiger partial charge >= 0.3 is 11.8 Å². The van der Waals surface area contributed by atoms with Crippen molar-refractivity contribution in [2.24, 2.45) is 13.0 Å². The van der Waals surface area contributed by atoms with E-state index >= 15 is 0 Å². The molecule has 0 radical (unpaired) electrons. The maximum Gasteiger partial charge on any atom is 0.407 e. The molecule has 2 fully saturated rings. The van der Waals surface area contributed by atoms with E-state index in [2.05, 4.69) is 15.5 Å². The first-order valence-electron chi connectivity index (χ1n) is 11.8. The molecule has 0 spiro atoms. The minimum atomic E-state index is -0.700. The van der Waals surface area contributed by atoms with Crippen molar-refractivity contribution < 1.29 is 19.1 Å². The van der Waals surface area contributed by atoms with Crippen LogP contribution in [0.1, 0.15) is 52.5 Å². The van der Waals surface area contributed by atoms with Crippen molar-refractivity contribution in [2.75, 3.05) is 24.5 Å². The lowest BCUT2D eigenvalue weighted by atomic mass is 9.96. The van der Waals surface area contributed by atoms with Gasteiger partial charge in [-0.05, 0) is 58.1 Å². The molecule has 1 aromatic heterocycles. The summed E-state index contributed by atoms with van der Waals surface area (Å²) in [5, 5.41) is 5.21. The molecule has 1 unspecified atom stereocenters. The lowest BCUT2D eigenvalue weighted by Crippen LogP contribution is -2.44. The van der Waals surface area contributed by atoms with Crippen LogP contribution in [0.25, 0.3) is 11.0 Å². The second kappa shape index (κ2) is 9.15. The predicted molar refractivity (Wildman–Crippen MR) is 128 cm³/mol. The number of aromatic nitrogens is 2. The van der Waals surface area contributed by atoms with Crippen LogP contribution >= 0.6 is 0 Å². The molecule has 1 atom stereocenters. The maximum atomic E-state index is 13.1. The van der Waals surface area contributed by atoms with Gasteiger partial charge in [0.15, 0.2) is 0 Å². The second-order valence-corrected chi connectivity index (χ2v) is 10.1. The molecular formula is C24H33N5O5. The number of hydrogen-bond acceptors (Lipinski definition) is 6. The highest BCUT2D eigenvalue weighted by molar-refractivity contribution is 6.00. The summed E-state index contributed by atoms with van der Waals surface area (Å²) >= 11 is 0. The number of carbonyl (C=O) groups is 3. The van der Waals surface area contributed by atoms with E-state index in [1.165, 1.54) is 4.57 Å². The SMILES string of the molecule is Cn1c(=O)n(C2CCC(=O)NC2=O)c2cccc(N3CCC(CNC(=O)OC(C)(C)C)CC3)c21. The van der Waals surface area contributed by atoms with Crippen LogP contribution in [0.4, 0.5) is 10.5 Å². The zero-order valence-electron chi connectivity index (χ0n) is 20.2. The lowest BCUT2D eigenvalue weighted by molar-refractivity contribution is -0.135. The van der Waals surface area contributed by atoms with Gasteiger partial charge in [-0.2, -0.15) is 0 Å². The van der Waals surface area contributed by atoms with Crippen molar-refractivity contribution in [1.29, 1.82) is 0 Å². The molecule has 2 aliphatic heterocycles. The highest BCUT2D eigenvalue weighted by atomic mass is 16.6. The molecular weight excluding hydrogens is 438 g/mol. The molecule has 0 saturated carbocycles. The fraction of sp³-hybridized carbons (Fsp3) is 0.583. The van der Waals surface area contributed by atoms with Crippen LogP contribution in [0.2, 0.25) is 0 Å². The summed E-state index contributed by atoms with van der Waals surface area (Å²) in [6, 6.07) is 5.04. The molecule has 4 rings (SSSR count). The summed E-state index contributed by atoms with van der Waals surface area (Å²) in [4.78, 5) is 51.4. The number of hydrogen-bond donors (Lipinski definition) is 2. The molecule has 3 amide bonds. The van der Waals surface area contributed by atoms with E-state index in [0.29, 0.717) is 24.4 Å². The van der Waals surface area contributed by atoms with Crippen molar-refractivity contribution in [3.63, 3.8) is 0 Å². The molecule has 2 N–H and O–H groups in total. The Morgan fingerprint density at radius 3 is 2.50 bits per heavy atom. The summed E-state index contributed by atoms with van der Waals surface area (Å²) in [7, 11) is 1.72. The standard InChI is InChI=1S/C24H33N5O5/c1-24(2,3)34-22(32)25-14-15-10-12-28(13-11-15)16-6-5-7-17-20(16)27(4)23(33)29(17)18-8-9-19(30)26-21(18)31/h5-7,15,18H,8-14H2,1-4H3,(H,25,32)(H,26,30,31). The van der Waals surface area contributed by atoms with Crippen LogP contribution in [-0.4, -0.2) is 52.3 Å². The number of fused-ring (bicyclic) bond motifs is 1. The number of anilines is 1. The number of imidazole rings is 1. The van der Waals surface area contributed by atoms with E-state index in [1.54, 1.807) is 11.6 Å². The van der Waals surface area contributed by atoms with E-state index in [4.69, 9.17) is 4.74 Å². The Kier molecular flexibility index (Phi) is 6.42. The van der Waals surface area contributed by atoms with Gasteiger partial charge in [-0.1, -0.05) is 6.07 Å². The van der Waals surface area contributed by atoms with Gasteiger partial charge in [0.1, 0.15) is 11.6 Å². The Morgan fingerprint density at radius 2 is 1.85 bits per heavy atom. The van der Waals surface area contributed by atoms with Crippen LogP contribution in [-0.2, 0) is 21.4 Å². The van der Waals surface area contributed by atoms with Gasteiger partial charge < -0.3 is 15.0 Å². The number of piperidine rings is 2. The first-order chi connectivity index (χ1) is 16.0. The topological polar surface area (TPSA) is 115 Å². The molecule has 34 heavy (non-hydrogen) atoms. The Balaban J connectivity index is 1.50. The monoisotopic (exact) mass is 471 g/mol. The lowest BCUT2D eigenvalue weighted by Gasteiger charge is -2.34. The van der Waals surface area contributed by atoms with Crippen molar-refractivity contribution in [3.8, 4) is 0 Å². The van der Waals surface area contributed by atoms with Gasteiger partial charge in [0, 0.05) is 33.1 Å². The molecule has 10 nitrogen and oxygen atoms in total. The zero-order chi connectivity index (χ0) is 24.6. The van der Waals surface area contributed by atoms with E-state index in [-0.39, 0.29) is 18.0 Å². The Bertz CT molecular complexity index is 1170. The number of amides is 3. The fourth-order valence-corrected chi connectivity index (χ4v) is 4.82. The summed E-state index contributed by atoms with van der Waals surface area (Å²) in [6.07, 6.45) is 1.92. The second-order valence-electron chi connectivity index (χ2n) is 10.1. The third-order valence-electron chi connectivity index (χ3n) is 6.49. The summed E-state index contributed by atoms with van der Waals surface area (Å²) < 4.78 is 8.42. The van der Waals surface area contributed by atoms with Crippen LogP contribution in [0.3, 0.4) is 0 Å². The number of alkyl carbamates (subject to hydrolysis) is 1. The highest BCUT2D eigenvalue weighted by Gasteiger charge is 2.32. The third kappa shape index (κ3) is 4.80. The number of aryl methyl sites for hydroxylation is 1. The summed E-state index contributed by atoms with van der Waals surface area (Å²) in [5.41, 5.74) is 1.62. The zero-order valence-corrected chi connectivity index (χ0v) is 20.2. The molecule has 0 aliphatic carbocycles. The average molecular weight is 472 g/mol. The van der Waals surface area contributed by atoms with Gasteiger partial charge in [-0.15, -0.1) is 0 Å². The Hall–Kier alpha value is -3.30. The van der Waals surface area contributed by atoms with Crippen LogP contribution < -0.4 is 21.2 Å². The van der Waals surface area contributed by atoms with E-state index in [1.807, 2.05) is 39.0 Å². The molecule has 184 valence electrons. The van der Waals surface area contributed by atoms with Crippen molar-refractivity contribution in [3.05, 3.63) is 28.7 Å². The first kappa shape index (κ1) is 23.8. The molecule has 2 aromatic rings. The highest BCUT2D eigenvalue weighted by Crippen LogP contribution is 2.32. The molecule has 2 aliphatic rings. The smallest absolute Gasteiger partial charge is 0.407 e. The maximum absolute atomic E-state index is 13.1. The van der Waals surface area contributed by atoms with Crippen LogP contribution in [0.15, 0.2) is 23.0 Å². The molecule has 3 heterocycles. The largest absolute Gasteiger partial charge is 0.444 e. The van der Waals surface area contributed by atoms with Gasteiger partial charge in [-0.25, -0.2) is 9.59 Å². The number of ether oxygens (including phenoxy) is 1. The number of carbonyl (C=O) groups excluding carboxylic acids is 3. The number of para-hydroxylation sites is 1. The third-order valence-corrected chi connectivity index (χ3v) is 6.49. The Labute approximate surface area is 198 Å². The van der Waals surface area contributed by atoms with Gasteiger partial charge in [0.2, 0.25) is 11.8 Å². The molecule has 1 aromatic carbocycles. The number of benzene rings is 1. The van der Waals surface area contributed by atoms with Crippen molar-refractivity contribution >= 4 is 34.6 Å². The predicted octanol–water partition coefficient (Wildman–Crippen LogP) is 2.06. The molecule has 10 heteroatoms. The van der Waals surface area contributed by atoms with Gasteiger partial charge in [-0.3, -0.25) is 24.0 Å². The summed E-state index contributed by atoms with van der Waals surface area (Å²) in [6.45, 7) is 7.66. The quantitative estimate of drug-likeness (QED) is 0.660. The summed E-state index contributed by atoms with van der Waals surface area (Å²) in [5.74, 6) is -0.395. The van der Waals surface area contributed by atoms with Crippen molar-refractivity contribution in [1.82, 2.24) is 19.8 Å². The normalized spacial score (nSPS) is 19.9. The van der Waals surface area contributed by atoms with E-state index in [9.17, 15) is 19.2 Å². The van der Waals surface area contributed by atoms with Crippen LogP contribution in [0, 0.1) is 5.92 Å². The van der Waals surface area contributed by atoms with Gasteiger partial charge in [0.05, 0.1) is 16.7 Å². The van der Waals surface area contributed by atoms with E-state index < -0.39 is 23.6 Å². The fourth-order valence-electron chi connectivity index (χ4n) is 4.82. The number of nitrogens with one attached hydrogen (secondary N) is 2. The number of rotatable bonds is 4.